The summed E-state index contributed by atoms with van der Waals surface area (Å²) in [5.74, 6) is 0.142. The first-order valence-corrected chi connectivity index (χ1v) is 9.40. The fourth-order valence-electron chi connectivity index (χ4n) is 4.58. The average Bonchev–Trinajstić information content (AvgIpc) is 3.18. The maximum atomic E-state index is 13.0. The lowest BCUT2D eigenvalue weighted by molar-refractivity contribution is -0.743. The molecular formula is C21H23N4O+. The number of benzene rings is 2. The topological polar surface area (TPSA) is 65.6 Å². The number of likely N-dealkylation sites (tertiary alicyclic amines) is 1. The number of carbonyl (C=O) groups excluding carboxylic acids is 1. The van der Waals surface area contributed by atoms with E-state index in [0.717, 1.165) is 49.8 Å². The SMILES string of the molecule is O=C(c1ccc2ccccc2c1)N1CCC2(CC1)[NH2+]CCc1[nH]cnc12. The predicted octanol–water partition coefficient (Wildman–Crippen LogP) is 1.81. The van der Waals surface area contributed by atoms with Crippen molar-refractivity contribution in [3.8, 4) is 0 Å². The lowest BCUT2D eigenvalue weighted by atomic mass is 9.80. The molecule has 3 aromatic rings. The number of hydrogen-bond acceptors (Lipinski definition) is 2. The summed E-state index contributed by atoms with van der Waals surface area (Å²) in [7, 11) is 0. The molecule has 26 heavy (non-hydrogen) atoms. The van der Waals surface area contributed by atoms with Crippen LogP contribution in [-0.4, -0.2) is 40.4 Å². The van der Waals surface area contributed by atoms with Gasteiger partial charge < -0.3 is 15.2 Å². The van der Waals surface area contributed by atoms with Crippen LogP contribution in [0.3, 0.4) is 0 Å². The molecule has 0 bridgehead atoms. The minimum absolute atomic E-state index is 0.0494. The van der Waals surface area contributed by atoms with Crippen LogP contribution in [0.5, 0.6) is 0 Å². The Morgan fingerprint density at radius 2 is 1.92 bits per heavy atom. The largest absolute Gasteiger partial charge is 0.348 e. The number of piperidine rings is 1. The van der Waals surface area contributed by atoms with Gasteiger partial charge in [0.1, 0.15) is 11.2 Å². The number of amides is 1. The van der Waals surface area contributed by atoms with Crippen LogP contribution in [0, 0.1) is 0 Å². The number of nitrogens with one attached hydrogen (secondary N) is 1. The smallest absolute Gasteiger partial charge is 0.253 e. The van der Waals surface area contributed by atoms with Crippen molar-refractivity contribution in [1.82, 2.24) is 14.9 Å². The normalized spacial score (nSPS) is 18.8. The molecule has 0 radical (unpaired) electrons. The van der Waals surface area contributed by atoms with Crippen LogP contribution in [0.2, 0.25) is 0 Å². The van der Waals surface area contributed by atoms with E-state index < -0.39 is 0 Å². The number of fused-ring (bicyclic) bond motifs is 3. The fraction of sp³-hybridized carbons (Fsp3) is 0.333. The van der Waals surface area contributed by atoms with E-state index in [1.165, 1.54) is 16.8 Å². The number of H-pyrrole nitrogens is 1. The van der Waals surface area contributed by atoms with Gasteiger partial charge in [-0.25, -0.2) is 4.98 Å². The van der Waals surface area contributed by atoms with Gasteiger partial charge in [0.25, 0.3) is 5.91 Å². The first kappa shape index (κ1) is 15.6. The molecule has 1 amide bonds. The Hall–Kier alpha value is -2.66. The monoisotopic (exact) mass is 347 g/mol. The van der Waals surface area contributed by atoms with E-state index in [1.807, 2.05) is 41.6 Å². The van der Waals surface area contributed by atoms with Gasteiger partial charge in [-0.05, 0) is 22.9 Å². The highest BCUT2D eigenvalue weighted by atomic mass is 16.2. The summed E-state index contributed by atoms with van der Waals surface area (Å²) < 4.78 is 0. The molecule has 0 saturated carbocycles. The Balaban J connectivity index is 1.36. The highest BCUT2D eigenvalue weighted by molar-refractivity contribution is 5.98. The van der Waals surface area contributed by atoms with Gasteiger partial charge in [0.05, 0.1) is 12.9 Å². The third kappa shape index (κ3) is 2.42. The maximum absolute atomic E-state index is 13.0. The minimum Gasteiger partial charge on any atom is -0.348 e. The summed E-state index contributed by atoms with van der Waals surface area (Å²) in [6.45, 7) is 2.66. The lowest BCUT2D eigenvalue weighted by Crippen LogP contribution is -2.97. The molecule has 2 aliphatic heterocycles. The van der Waals surface area contributed by atoms with Gasteiger partial charge in [-0.3, -0.25) is 4.79 Å². The number of nitrogens with zero attached hydrogens (tertiary/aromatic N) is 2. The average molecular weight is 347 g/mol. The summed E-state index contributed by atoms with van der Waals surface area (Å²) in [6.07, 6.45) is 4.79. The second-order valence-electron chi connectivity index (χ2n) is 7.48. The van der Waals surface area contributed by atoms with Gasteiger partial charge >= 0.3 is 0 Å². The van der Waals surface area contributed by atoms with Crippen LogP contribution in [0.4, 0.5) is 0 Å². The molecule has 1 spiro atoms. The molecule has 5 heteroatoms. The van der Waals surface area contributed by atoms with Crippen LogP contribution in [-0.2, 0) is 12.0 Å². The summed E-state index contributed by atoms with van der Waals surface area (Å²) in [5, 5.41) is 4.73. The number of nitrogens with two attached hydrogens (primary N) is 1. The van der Waals surface area contributed by atoms with Crippen molar-refractivity contribution in [3.05, 3.63) is 65.7 Å². The minimum atomic E-state index is 0.0494. The second kappa shape index (κ2) is 5.95. The third-order valence-electron chi connectivity index (χ3n) is 6.06. The Bertz CT molecular complexity index is 969. The van der Waals surface area contributed by atoms with E-state index in [1.54, 1.807) is 0 Å². The number of rotatable bonds is 1. The number of aromatic amines is 1. The number of carbonyl (C=O) groups is 1. The predicted molar refractivity (Wildman–Crippen MR) is 99.8 cm³/mol. The molecule has 2 aromatic carbocycles. The number of aromatic nitrogens is 2. The molecule has 132 valence electrons. The molecular weight excluding hydrogens is 324 g/mol. The molecule has 1 fully saturated rings. The van der Waals surface area contributed by atoms with Gasteiger partial charge in [-0.1, -0.05) is 30.3 Å². The quantitative estimate of drug-likeness (QED) is 0.705. The van der Waals surface area contributed by atoms with Crippen molar-refractivity contribution in [1.29, 1.82) is 0 Å². The van der Waals surface area contributed by atoms with E-state index in [9.17, 15) is 4.79 Å². The van der Waals surface area contributed by atoms with Gasteiger partial charge in [0.2, 0.25) is 0 Å². The first-order chi connectivity index (χ1) is 12.8. The number of imidazole rings is 1. The van der Waals surface area contributed by atoms with E-state index in [2.05, 4.69) is 27.4 Å². The van der Waals surface area contributed by atoms with Gasteiger partial charge in [0.15, 0.2) is 0 Å². The molecule has 3 N–H and O–H groups in total. The molecule has 1 saturated heterocycles. The molecule has 0 atom stereocenters. The van der Waals surface area contributed by atoms with Crippen molar-refractivity contribution in [2.45, 2.75) is 24.8 Å². The highest BCUT2D eigenvalue weighted by Gasteiger charge is 2.45. The zero-order valence-electron chi connectivity index (χ0n) is 14.7. The van der Waals surface area contributed by atoms with Crippen molar-refractivity contribution < 1.29 is 10.1 Å². The molecule has 1 aromatic heterocycles. The van der Waals surface area contributed by atoms with E-state index in [-0.39, 0.29) is 11.4 Å². The zero-order chi connectivity index (χ0) is 17.6. The second-order valence-corrected chi connectivity index (χ2v) is 7.48. The summed E-state index contributed by atoms with van der Waals surface area (Å²) in [4.78, 5) is 22.9. The molecule has 2 aliphatic rings. The van der Waals surface area contributed by atoms with Crippen molar-refractivity contribution in [3.63, 3.8) is 0 Å². The number of quaternary nitrogens is 1. The van der Waals surface area contributed by atoms with Crippen molar-refractivity contribution >= 4 is 16.7 Å². The molecule has 5 rings (SSSR count). The highest BCUT2D eigenvalue weighted by Crippen LogP contribution is 2.32. The van der Waals surface area contributed by atoms with Gasteiger partial charge in [0, 0.05) is 43.6 Å². The van der Waals surface area contributed by atoms with Crippen molar-refractivity contribution in [2.75, 3.05) is 19.6 Å². The third-order valence-corrected chi connectivity index (χ3v) is 6.06. The Morgan fingerprint density at radius 3 is 2.77 bits per heavy atom. The molecule has 0 aliphatic carbocycles. The van der Waals surface area contributed by atoms with Crippen molar-refractivity contribution in [2.24, 2.45) is 0 Å². The summed E-state index contributed by atoms with van der Waals surface area (Å²) in [6, 6.07) is 14.2. The zero-order valence-corrected chi connectivity index (χ0v) is 14.7. The van der Waals surface area contributed by atoms with E-state index >= 15 is 0 Å². The first-order valence-electron chi connectivity index (χ1n) is 9.40. The Kier molecular flexibility index (Phi) is 3.57. The van der Waals surface area contributed by atoms with Crippen LogP contribution in [0.15, 0.2) is 48.8 Å². The van der Waals surface area contributed by atoms with Gasteiger partial charge in [-0.2, -0.15) is 0 Å². The Labute approximate surface area is 152 Å². The molecule has 5 nitrogen and oxygen atoms in total. The fourth-order valence-corrected chi connectivity index (χ4v) is 4.58. The molecule has 3 heterocycles. The standard InChI is InChI=1S/C21H22N4O/c26-20(17-6-5-15-3-1-2-4-16(15)13-17)25-11-8-21(9-12-25)19-18(7-10-24-21)22-14-23-19/h1-6,13-14,24H,7-12H2,(H,22,23)/p+1. The number of hydrogen-bond donors (Lipinski definition) is 2. The van der Waals surface area contributed by atoms with E-state index in [0.29, 0.717) is 0 Å². The van der Waals surface area contributed by atoms with Crippen LogP contribution in [0.25, 0.3) is 10.8 Å². The summed E-state index contributed by atoms with van der Waals surface area (Å²) >= 11 is 0. The van der Waals surface area contributed by atoms with Crippen LogP contribution < -0.4 is 5.32 Å². The Morgan fingerprint density at radius 1 is 1.12 bits per heavy atom. The van der Waals surface area contributed by atoms with Gasteiger partial charge in [-0.15, -0.1) is 0 Å². The van der Waals surface area contributed by atoms with E-state index in [4.69, 9.17) is 0 Å². The molecule has 0 unspecified atom stereocenters. The van der Waals surface area contributed by atoms with Crippen LogP contribution in [0.1, 0.15) is 34.6 Å². The summed E-state index contributed by atoms with van der Waals surface area (Å²) in [5.41, 5.74) is 3.32. The van der Waals surface area contributed by atoms with Crippen LogP contribution >= 0.6 is 0 Å². The lowest BCUT2D eigenvalue weighted by Gasteiger charge is -2.41. The maximum Gasteiger partial charge on any atom is 0.253 e.